The zero-order chi connectivity index (χ0) is 12.6. The summed E-state index contributed by atoms with van der Waals surface area (Å²) in [6, 6.07) is 6.92. The van der Waals surface area contributed by atoms with Gasteiger partial charge in [-0.3, -0.25) is 0 Å². The van der Waals surface area contributed by atoms with E-state index in [1.165, 1.54) is 10.9 Å². The molecule has 0 aliphatic heterocycles. The first kappa shape index (κ1) is 13.5. The van der Waals surface area contributed by atoms with Crippen molar-refractivity contribution in [1.82, 2.24) is 0 Å². The predicted octanol–water partition coefficient (Wildman–Crippen LogP) is 6.10. The number of aryl methyl sites for hydroxylation is 1. The summed E-state index contributed by atoms with van der Waals surface area (Å²) < 4.78 is 14.5. The van der Waals surface area contributed by atoms with Crippen LogP contribution in [0.5, 0.6) is 0 Å². The monoisotopic (exact) mass is 396 g/mol. The van der Waals surface area contributed by atoms with Crippen LogP contribution in [0.3, 0.4) is 0 Å². The van der Waals surface area contributed by atoms with E-state index in [0.717, 1.165) is 14.9 Å². The minimum Gasteiger partial charge on any atom is -0.205 e. The Kier molecular flexibility index (Phi) is 4.29. The van der Waals surface area contributed by atoms with Gasteiger partial charge in [-0.2, -0.15) is 0 Å². The van der Waals surface area contributed by atoms with Crippen LogP contribution in [0.25, 0.3) is 0 Å². The fraction of sp³-hybridized carbons (Fsp3) is 0.167. The Bertz CT molecular complexity index is 553. The highest BCUT2D eigenvalue weighted by atomic mass is 79.9. The van der Waals surface area contributed by atoms with Crippen LogP contribution in [-0.2, 0) is 0 Å². The predicted molar refractivity (Wildman–Crippen MR) is 78.9 cm³/mol. The van der Waals surface area contributed by atoms with E-state index in [-0.39, 0.29) is 15.7 Å². The molecule has 17 heavy (non-hydrogen) atoms. The Labute approximate surface area is 125 Å². The summed E-state index contributed by atoms with van der Waals surface area (Å²) >= 11 is 14.4. The van der Waals surface area contributed by atoms with E-state index in [9.17, 15) is 4.39 Å². The molecule has 0 nitrogen and oxygen atoms in total. The van der Waals surface area contributed by atoms with Gasteiger partial charge in [0.15, 0.2) is 0 Å². The summed E-state index contributed by atoms with van der Waals surface area (Å²) in [6.07, 6.45) is 0. The van der Waals surface area contributed by atoms with Crippen LogP contribution < -0.4 is 0 Å². The van der Waals surface area contributed by atoms with Crippen LogP contribution in [0.4, 0.5) is 4.39 Å². The van der Waals surface area contributed by atoms with Gasteiger partial charge in [0, 0.05) is 4.88 Å². The topological polar surface area (TPSA) is 0 Å². The molecular formula is C12H8Br2ClFS. The van der Waals surface area contributed by atoms with Gasteiger partial charge in [-0.1, -0.05) is 33.6 Å². The lowest BCUT2D eigenvalue weighted by molar-refractivity contribution is 0.626. The lowest BCUT2D eigenvalue weighted by atomic mass is 10.1. The molecule has 2 aromatic rings. The summed E-state index contributed by atoms with van der Waals surface area (Å²) in [7, 11) is 0. The van der Waals surface area contributed by atoms with E-state index in [4.69, 9.17) is 11.6 Å². The summed E-state index contributed by atoms with van der Waals surface area (Å²) in [6.45, 7) is 2.05. The van der Waals surface area contributed by atoms with Crippen molar-refractivity contribution in [2.24, 2.45) is 0 Å². The van der Waals surface area contributed by atoms with Gasteiger partial charge in [-0.25, -0.2) is 4.39 Å². The van der Waals surface area contributed by atoms with Gasteiger partial charge in [0.1, 0.15) is 5.82 Å². The molecule has 0 radical (unpaired) electrons. The van der Waals surface area contributed by atoms with Gasteiger partial charge in [-0.05, 0) is 52.2 Å². The molecule has 5 heteroatoms. The second-order valence-electron chi connectivity index (χ2n) is 3.60. The van der Waals surface area contributed by atoms with Gasteiger partial charge in [0.2, 0.25) is 0 Å². The maximum atomic E-state index is 13.4. The molecule has 90 valence electrons. The molecule has 0 N–H and O–H groups in total. The van der Waals surface area contributed by atoms with Crippen molar-refractivity contribution in [3.63, 3.8) is 0 Å². The fourth-order valence-electron chi connectivity index (χ4n) is 1.56. The van der Waals surface area contributed by atoms with E-state index in [1.807, 2.05) is 19.1 Å². The molecule has 1 unspecified atom stereocenters. The van der Waals surface area contributed by atoms with Crippen LogP contribution in [-0.4, -0.2) is 0 Å². The van der Waals surface area contributed by atoms with E-state index in [0.29, 0.717) is 0 Å². The normalized spacial score (nSPS) is 12.8. The van der Waals surface area contributed by atoms with Crippen molar-refractivity contribution in [2.45, 2.75) is 11.8 Å². The van der Waals surface area contributed by atoms with E-state index in [1.54, 1.807) is 17.4 Å². The van der Waals surface area contributed by atoms with Crippen LogP contribution >= 0.6 is 54.8 Å². The molecule has 1 aromatic carbocycles. The Hall–Kier alpha value is 0.1000. The second-order valence-corrected chi connectivity index (χ2v) is 7.56. The Balaban J connectivity index is 2.40. The van der Waals surface area contributed by atoms with Crippen LogP contribution in [0, 0.1) is 12.7 Å². The maximum Gasteiger partial charge on any atom is 0.142 e. The highest BCUT2D eigenvalue weighted by Gasteiger charge is 2.16. The average Bonchev–Trinajstić information content (AvgIpc) is 2.61. The summed E-state index contributed by atoms with van der Waals surface area (Å²) in [4.78, 5) is 1.19. The molecule has 1 atom stereocenters. The standard InChI is InChI=1S/C12H8Br2ClFS/c1-6-8(5-11(13)17-6)12(14)7-2-3-9(15)10(16)4-7/h2-5,12H,1H3. The number of alkyl halides is 1. The van der Waals surface area contributed by atoms with Gasteiger partial charge >= 0.3 is 0 Å². The SMILES string of the molecule is Cc1sc(Br)cc1C(Br)c1ccc(Cl)c(F)c1. The van der Waals surface area contributed by atoms with Crippen molar-refractivity contribution in [1.29, 1.82) is 0 Å². The van der Waals surface area contributed by atoms with Crippen molar-refractivity contribution in [2.75, 3.05) is 0 Å². The maximum absolute atomic E-state index is 13.4. The first-order valence-electron chi connectivity index (χ1n) is 4.84. The third-order valence-corrected chi connectivity index (χ3v) is 5.33. The summed E-state index contributed by atoms with van der Waals surface area (Å²) in [5, 5.41) is 0.150. The van der Waals surface area contributed by atoms with Gasteiger partial charge < -0.3 is 0 Å². The number of benzene rings is 1. The lowest BCUT2D eigenvalue weighted by Gasteiger charge is -2.10. The molecule has 0 fully saturated rings. The van der Waals surface area contributed by atoms with Gasteiger partial charge in [0.05, 0.1) is 13.6 Å². The lowest BCUT2D eigenvalue weighted by Crippen LogP contribution is -1.93. The number of hydrogen-bond acceptors (Lipinski definition) is 1. The quantitative estimate of drug-likeness (QED) is 0.537. The number of hydrogen-bond donors (Lipinski definition) is 0. The average molecular weight is 399 g/mol. The van der Waals surface area contributed by atoms with Crippen molar-refractivity contribution >= 4 is 54.8 Å². The molecule has 0 spiro atoms. The Morgan fingerprint density at radius 1 is 1.35 bits per heavy atom. The van der Waals surface area contributed by atoms with Crippen molar-refractivity contribution in [3.8, 4) is 0 Å². The molecule has 0 aliphatic carbocycles. The molecule has 0 aliphatic rings. The van der Waals surface area contributed by atoms with Gasteiger partial charge in [0.25, 0.3) is 0 Å². The number of thiophene rings is 1. The second kappa shape index (κ2) is 5.39. The Morgan fingerprint density at radius 2 is 2.06 bits per heavy atom. The number of rotatable bonds is 2. The molecular weight excluding hydrogens is 390 g/mol. The van der Waals surface area contributed by atoms with E-state index < -0.39 is 0 Å². The zero-order valence-corrected chi connectivity index (χ0v) is 13.6. The van der Waals surface area contributed by atoms with Crippen molar-refractivity contribution < 1.29 is 4.39 Å². The third kappa shape index (κ3) is 2.92. The smallest absolute Gasteiger partial charge is 0.142 e. The van der Waals surface area contributed by atoms with Crippen LogP contribution in [0.1, 0.15) is 20.8 Å². The molecule has 2 rings (SSSR count). The first-order chi connectivity index (χ1) is 7.99. The fourth-order valence-corrected chi connectivity index (χ4v) is 4.34. The molecule has 0 saturated carbocycles. The molecule has 0 bridgehead atoms. The first-order valence-corrected chi connectivity index (χ1v) is 7.74. The molecule has 1 aromatic heterocycles. The van der Waals surface area contributed by atoms with Crippen LogP contribution in [0.2, 0.25) is 5.02 Å². The summed E-state index contributed by atoms with van der Waals surface area (Å²) in [5.41, 5.74) is 2.00. The Morgan fingerprint density at radius 3 is 2.59 bits per heavy atom. The van der Waals surface area contributed by atoms with Crippen LogP contribution in [0.15, 0.2) is 28.1 Å². The number of halogens is 4. The highest BCUT2D eigenvalue weighted by Crippen LogP contribution is 2.39. The molecule has 1 heterocycles. The van der Waals surface area contributed by atoms with Crippen molar-refractivity contribution in [3.05, 3.63) is 54.9 Å². The molecule has 0 saturated heterocycles. The summed E-state index contributed by atoms with van der Waals surface area (Å²) in [5.74, 6) is -0.388. The minimum absolute atomic E-state index is 0.0168. The van der Waals surface area contributed by atoms with Gasteiger partial charge in [-0.15, -0.1) is 11.3 Å². The third-order valence-electron chi connectivity index (χ3n) is 2.44. The largest absolute Gasteiger partial charge is 0.205 e. The zero-order valence-electron chi connectivity index (χ0n) is 8.81. The van der Waals surface area contributed by atoms with E-state index >= 15 is 0 Å². The van der Waals surface area contributed by atoms with E-state index in [2.05, 4.69) is 31.9 Å². The minimum atomic E-state index is -0.388. The molecule has 0 amide bonds. The highest BCUT2D eigenvalue weighted by molar-refractivity contribution is 9.11.